The standard InChI is InChI=1S/C12H20N4O2/c1-8(6-17)16-12-10(3)11(14-7-15-12)5-9(2)18-13-4/h5,7-8,13,17H,6H2,1-4H3,(H,14,15,16)/b9-5+/t8-/m1/s1. The first-order valence-corrected chi connectivity index (χ1v) is 5.79. The zero-order chi connectivity index (χ0) is 13.5. The molecule has 0 aromatic carbocycles. The Morgan fingerprint density at radius 3 is 2.89 bits per heavy atom. The Morgan fingerprint density at radius 2 is 2.28 bits per heavy atom. The predicted molar refractivity (Wildman–Crippen MR) is 70.7 cm³/mol. The highest BCUT2D eigenvalue weighted by atomic mass is 16.6. The quantitative estimate of drug-likeness (QED) is 0.519. The van der Waals surface area contributed by atoms with Gasteiger partial charge < -0.3 is 15.3 Å². The molecule has 1 aromatic heterocycles. The van der Waals surface area contributed by atoms with Crippen LogP contribution < -0.4 is 10.8 Å². The Hall–Kier alpha value is -1.66. The van der Waals surface area contributed by atoms with Crippen LogP contribution in [0.1, 0.15) is 25.1 Å². The summed E-state index contributed by atoms with van der Waals surface area (Å²) < 4.78 is 0. The Bertz CT molecular complexity index is 421. The van der Waals surface area contributed by atoms with Crippen LogP contribution >= 0.6 is 0 Å². The smallest absolute Gasteiger partial charge is 0.133 e. The number of allylic oxidation sites excluding steroid dienone is 1. The van der Waals surface area contributed by atoms with Crippen molar-refractivity contribution in [2.24, 2.45) is 0 Å². The fraction of sp³-hybridized carbons (Fsp3) is 0.500. The maximum absolute atomic E-state index is 9.03. The van der Waals surface area contributed by atoms with E-state index in [9.17, 15) is 0 Å². The highest BCUT2D eigenvalue weighted by Gasteiger charge is 2.08. The number of rotatable bonds is 6. The fourth-order valence-corrected chi connectivity index (χ4v) is 1.42. The predicted octanol–water partition coefficient (Wildman–Crippen LogP) is 1.09. The molecule has 1 heterocycles. The molecule has 1 atom stereocenters. The molecular weight excluding hydrogens is 232 g/mol. The van der Waals surface area contributed by atoms with Gasteiger partial charge in [-0.25, -0.2) is 9.97 Å². The van der Waals surface area contributed by atoms with E-state index in [1.54, 1.807) is 7.05 Å². The Labute approximate surface area is 107 Å². The van der Waals surface area contributed by atoms with Gasteiger partial charge >= 0.3 is 0 Å². The molecule has 0 aliphatic rings. The molecule has 1 rings (SSSR count). The molecule has 0 amide bonds. The molecule has 18 heavy (non-hydrogen) atoms. The van der Waals surface area contributed by atoms with Crippen LogP contribution in [0.25, 0.3) is 6.08 Å². The van der Waals surface area contributed by atoms with Gasteiger partial charge in [-0.1, -0.05) is 0 Å². The van der Waals surface area contributed by atoms with Crippen molar-refractivity contribution in [2.45, 2.75) is 26.8 Å². The van der Waals surface area contributed by atoms with Crippen molar-refractivity contribution in [1.82, 2.24) is 15.4 Å². The van der Waals surface area contributed by atoms with Crippen LogP contribution in [0, 0.1) is 6.92 Å². The van der Waals surface area contributed by atoms with Crippen LogP contribution in [0.15, 0.2) is 12.1 Å². The van der Waals surface area contributed by atoms with E-state index in [2.05, 4.69) is 20.8 Å². The number of aromatic nitrogens is 2. The van der Waals surface area contributed by atoms with Gasteiger partial charge in [-0.15, -0.1) is 0 Å². The molecule has 0 fully saturated rings. The molecule has 6 heteroatoms. The SMILES string of the molecule is CNO/C(C)=C/c1ncnc(N[C@H](C)CO)c1C. The van der Waals surface area contributed by atoms with Crippen molar-refractivity contribution >= 4 is 11.9 Å². The van der Waals surface area contributed by atoms with E-state index < -0.39 is 0 Å². The van der Waals surface area contributed by atoms with Gasteiger partial charge in [0.15, 0.2) is 0 Å². The first-order valence-electron chi connectivity index (χ1n) is 5.79. The van der Waals surface area contributed by atoms with Crippen molar-refractivity contribution in [1.29, 1.82) is 0 Å². The third-order valence-corrected chi connectivity index (χ3v) is 2.38. The fourth-order valence-electron chi connectivity index (χ4n) is 1.42. The number of aliphatic hydroxyl groups is 1. The van der Waals surface area contributed by atoms with Gasteiger partial charge in [0.2, 0.25) is 0 Å². The lowest BCUT2D eigenvalue weighted by Crippen LogP contribution is -2.21. The van der Waals surface area contributed by atoms with E-state index in [-0.39, 0.29) is 12.6 Å². The molecule has 0 aliphatic carbocycles. The summed E-state index contributed by atoms with van der Waals surface area (Å²) in [4.78, 5) is 13.5. The minimum absolute atomic E-state index is 0.0508. The molecule has 0 saturated carbocycles. The second kappa shape index (κ2) is 6.93. The summed E-state index contributed by atoms with van der Waals surface area (Å²) in [6, 6.07) is -0.0508. The summed E-state index contributed by atoms with van der Waals surface area (Å²) in [6.07, 6.45) is 3.31. The lowest BCUT2D eigenvalue weighted by Gasteiger charge is -2.14. The molecule has 1 aromatic rings. The second-order valence-corrected chi connectivity index (χ2v) is 4.02. The summed E-state index contributed by atoms with van der Waals surface area (Å²) in [5, 5.41) is 12.1. The van der Waals surface area contributed by atoms with Gasteiger partial charge in [0.1, 0.15) is 17.9 Å². The minimum atomic E-state index is -0.0508. The van der Waals surface area contributed by atoms with Crippen molar-refractivity contribution in [2.75, 3.05) is 19.0 Å². The minimum Gasteiger partial charge on any atom is -0.414 e. The molecule has 0 spiro atoms. The molecular formula is C12H20N4O2. The summed E-state index contributed by atoms with van der Waals surface area (Å²) in [7, 11) is 1.69. The third-order valence-electron chi connectivity index (χ3n) is 2.38. The monoisotopic (exact) mass is 252 g/mol. The van der Waals surface area contributed by atoms with E-state index in [0.717, 1.165) is 17.1 Å². The van der Waals surface area contributed by atoms with Gasteiger partial charge in [0, 0.05) is 24.7 Å². The highest BCUT2D eigenvalue weighted by molar-refractivity contribution is 5.58. The van der Waals surface area contributed by atoms with E-state index in [0.29, 0.717) is 5.76 Å². The van der Waals surface area contributed by atoms with Crippen molar-refractivity contribution < 1.29 is 9.94 Å². The van der Waals surface area contributed by atoms with Gasteiger partial charge in [-0.05, 0) is 20.8 Å². The number of nitrogens with zero attached hydrogens (tertiary/aromatic N) is 2. The zero-order valence-electron chi connectivity index (χ0n) is 11.2. The van der Waals surface area contributed by atoms with Crippen LogP contribution in [-0.2, 0) is 4.84 Å². The van der Waals surface area contributed by atoms with Crippen molar-refractivity contribution in [3.05, 3.63) is 23.3 Å². The number of nitrogens with one attached hydrogen (secondary N) is 2. The Kier molecular flexibility index (Phi) is 5.54. The number of hydroxylamine groups is 1. The van der Waals surface area contributed by atoms with Gasteiger partial charge in [-0.3, -0.25) is 0 Å². The molecule has 6 nitrogen and oxygen atoms in total. The van der Waals surface area contributed by atoms with E-state index >= 15 is 0 Å². The zero-order valence-corrected chi connectivity index (χ0v) is 11.2. The third kappa shape index (κ3) is 3.97. The normalized spacial score (nSPS) is 13.3. The summed E-state index contributed by atoms with van der Waals surface area (Å²) in [5.41, 5.74) is 4.30. The maximum atomic E-state index is 9.03. The van der Waals surface area contributed by atoms with E-state index in [1.807, 2.05) is 26.8 Å². The number of aliphatic hydroxyl groups excluding tert-OH is 1. The van der Waals surface area contributed by atoms with E-state index in [1.165, 1.54) is 6.33 Å². The average Bonchev–Trinajstić information content (AvgIpc) is 2.34. The van der Waals surface area contributed by atoms with Crippen LogP contribution in [0.3, 0.4) is 0 Å². The number of hydrogen-bond acceptors (Lipinski definition) is 6. The summed E-state index contributed by atoms with van der Waals surface area (Å²) in [6.45, 7) is 5.69. The Balaban J connectivity index is 2.94. The number of hydrogen-bond donors (Lipinski definition) is 3. The molecule has 0 radical (unpaired) electrons. The largest absolute Gasteiger partial charge is 0.414 e. The number of anilines is 1. The molecule has 0 unspecified atom stereocenters. The van der Waals surface area contributed by atoms with Crippen LogP contribution in [0.4, 0.5) is 5.82 Å². The van der Waals surface area contributed by atoms with Gasteiger partial charge in [0.25, 0.3) is 0 Å². The maximum Gasteiger partial charge on any atom is 0.133 e. The topological polar surface area (TPSA) is 79.3 Å². The molecule has 0 bridgehead atoms. The van der Waals surface area contributed by atoms with E-state index in [4.69, 9.17) is 9.94 Å². The Morgan fingerprint density at radius 1 is 1.56 bits per heavy atom. The molecule has 0 aliphatic heterocycles. The van der Waals surface area contributed by atoms with Gasteiger partial charge in [-0.2, -0.15) is 5.48 Å². The second-order valence-electron chi connectivity index (χ2n) is 4.02. The first-order chi connectivity index (χ1) is 8.58. The lowest BCUT2D eigenvalue weighted by atomic mass is 10.2. The van der Waals surface area contributed by atoms with Gasteiger partial charge in [0.05, 0.1) is 12.3 Å². The van der Waals surface area contributed by atoms with Crippen molar-refractivity contribution in [3.8, 4) is 0 Å². The molecule has 3 N–H and O–H groups in total. The van der Waals surface area contributed by atoms with Crippen LogP contribution in [0.2, 0.25) is 0 Å². The molecule has 0 saturated heterocycles. The first kappa shape index (κ1) is 14.4. The molecule has 100 valence electrons. The summed E-state index contributed by atoms with van der Waals surface area (Å²) >= 11 is 0. The highest BCUT2D eigenvalue weighted by Crippen LogP contribution is 2.17. The average molecular weight is 252 g/mol. The van der Waals surface area contributed by atoms with Crippen LogP contribution in [-0.4, -0.2) is 34.8 Å². The lowest BCUT2D eigenvalue weighted by molar-refractivity contribution is 0.131. The van der Waals surface area contributed by atoms with Crippen molar-refractivity contribution in [3.63, 3.8) is 0 Å². The summed E-state index contributed by atoms with van der Waals surface area (Å²) in [5.74, 6) is 1.43. The van der Waals surface area contributed by atoms with Crippen LogP contribution in [0.5, 0.6) is 0 Å².